The van der Waals surface area contributed by atoms with Gasteiger partial charge in [-0.1, -0.05) is 11.6 Å². The Balaban J connectivity index is 3.20. The van der Waals surface area contributed by atoms with Crippen LogP contribution in [-0.4, -0.2) is 22.5 Å². The van der Waals surface area contributed by atoms with Crippen molar-refractivity contribution in [1.29, 1.82) is 0 Å². The van der Waals surface area contributed by atoms with Crippen LogP contribution in [0.5, 0.6) is 0 Å². The van der Waals surface area contributed by atoms with E-state index in [1.807, 2.05) is 0 Å². The van der Waals surface area contributed by atoms with Crippen LogP contribution < -0.4 is 0 Å². The number of esters is 1. The lowest BCUT2D eigenvalue weighted by molar-refractivity contribution is -0.386. The number of carbonyl (C=O) groups is 1. The largest absolute Gasteiger partial charge is 0.466 e. The average molecular weight is 295 g/mol. The van der Waals surface area contributed by atoms with E-state index < -0.39 is 40.0 Å². The van der Waals surface area contributed by atoms with Crippen molar-refractivity contribution in [1.82, 2.24) is 4.98 Å². The molecule has 0 saturated heterocycles. The van der Waals surface area contributed by atoms with Gasteiger partial charge >= 0.3 is 5.97 Å². The fourth-order valence-electron chi connectivity index (χ4n) is 1.36. The first-order valence-corrected chi connectivity index (χ1v) is 5.51. The van der Waals surface area contributed by atoms with E-state index in [2.05, 4.69) is 9.72 Å². The van der Waals surface area contributed by atoms with Crippen molar-refractivity contribution in [3.63, 3.8) is 0 Å². The maximum Gasteiger partial charge on any atom is 0.311 e. The Morgan fingerprint density at radius 2 is 2.26 bits per heavy atom. The summed E-state index contributed by atoms with van der Waals surface area (Å²) >= 11 is 5.64. The molecule has 0 aliphatic carbocycles. The molecular formula is C10H9ClF2N2O4. The van der Waals surface area contributed by atoms with Gasteiger partial charge in [0.1, 0.15) is 11.8 Å². The molecule has 0 aromatic carbocycles. The zero-order valence-corrected chi connectivity index (χ0v) is 10.5. The van der Waals surface area contributed by atoms with Gasteiger partial charge in [-0.2, -0.15) is 0 Å². The van der Waals surface area contributed by atoms with Gasteiger partial charge in [-0.15, -0.1) is 0 Å². The van der Waals surface area contributed by atoms with Crippen LogP contribution >= 0.6 is 11.6 Å². The molecule has 104 valence electrons. The number of carbonyl (C=O) groups excluding carboxylic acids is 1. The van der Waals surface area contributed by atoms with Crippen molar-refractivity contribution in [3.8, 4) is 0 Å². The molecule has 0 amide bonds. The monoisotopic (exact) mass is 294 g/mol. The molecule has 0 aliphatic heterocycles. The highest BCUT2D eigenvalue weighted by Gasteiger charge is 2.28. The third-order valence-corrected chi connectivity index (χ3v) is 2.56. The molecule has 0 saturated carbocycles. The lowest BCUT2D eigenvalue weighted by atomic mass is 10.1. The van der Waals surface area contributed by atoms with Crippen molar-refractivity contribution >= 4 is 23.3 Å². The normalized spacial score (nSPS) is 10.6. The Labute approximate surface area is 111 Å². The third-order valence-electron chi connectivity index (χ3n) is 2.14. The Hall–Kier alpha value is -1.83. The molecule has 0 unspecified atom stereocenters. The van der Waals surface area contributed by atoms with Gasteiger partial charge in [-0.05, 0) is 6.92 Å². The SMILES string of the molecule is CCOC(=O)Cc1ncc([N+](=O)[O-])c(C(F)F)c1Cl. The van der Waals surface area contributed by atoms with Gasteiger partial charge in [0.25, 0.3) is 12.1 Å². The van der Waals surface area contributed by atoms with Gasteiger partial charge in [0.2, 0.25) is 0 Å². The molecule has 1 heterocycles. The minimum Gasteiger partial charge on any atom is -0.466 e. The zero-order chi connectivity index (χ0) is 14.6. The molecule has 9 heteroatoms. The van der Waals surface area contributed by atoms with E-state index in [1.54, 1.807) is 6.92 Å². The second-order valence-corrected chi connectivity index (χ2v) is 3.74. The summed E-state index contributed by atoms with van der Waals surface area (Å²) in [4.78, 5) is 24.4. The molecule has 1 rings (SSSR count). The van der Waals surface area contributed by atoms with E-state index >= 15 is 0 Å². The molecule has 19 heavy (non-hydrogen) atoms. The van der Waals surface area contributed by atoms with E-state index in [9.17, 15) is 23.7 Å². The van der Waals surface area contributed by atoms with Gasteiger partial charge in [0.15, 0.2) is 0 Å². The molecule has 1 aromatic heterocycles. The van der Waals surface area contributed by atoms with E-state index in [4.69, 9.17) is 11.6 Å². The highest BCUT2D eigenvalue weighted by Crippen LogP contribution is 2.36. The van der Waals surface area contributed by atoms with Crippen LogP contribution in [0.2, 0.25) is 5.02 Å². The van der Waals surface area contributed by atoms with Gasteiger partial charge in [0.05, 0.1) is 28.7 Å². The number of nitro groups is 1. The molecule has 0 fully saturated rings. The van der Waals surface area contributed by atoms with Gasteiger partial charge in [-0.3, -0.25) is 19.9 Å². The van der Waals surface area contributed by atoms with Crippen LogP contribution in [0.4, 0.5) is 14.5 Å². The highest BCUT2D eigenvalue weighted by atomic mass is 35.5. The van der Waals surface area contributed by atoms with E-state index in [-0.39, 0.29) is 12.3 Å². The second-order valence-electron chi connectivity index (χ2n) is 3.36. The van der Waals surface area contributed by atoms with E-state index in [0.29, 0.717) is 6.20 Å². The van der Waals surface area contributed by atoms with Crippen LogP contribution in [0.3, 0.4) is 0 Å². The Kier molecular flexibility index (Phi) is 5.11. The van der Waals surface area contributed by atoms with Crippen molar-refractivity contribution in [2.24, 2.45) is 0 Å². The van der Waals surface area contributed by atoms with Crippen molar-refractivity contribution in [3.05, 3.63) is 32.6 Å². The predicted octanol–water partition coefficient (Wildman–Crippen LogP) is 2.69. The number of nitrogens with zero attached hydrogens (tertiary/aromatic N) is 2. The number of hydrogen-bond donors (Lipinski definition) is 0. The number of aromatic nitrogens is 1. The smallest absolute Gasteiger partial charge is 0.311 e. The summed E-state index contributed by atoms with van der Waals surface area (Å²) in [5, 5.41) is 10.0. The molecule has 0 atom stereocenters. The van der Waals surface area contributed by atoms with Crippen molar-refractivity contribution < 1.29 is 23.2 Å². The van der Waals surface area contributed by atoms with Crippen LogP contribution in [0, 0.1) is 10.1 Å². The van der Waals surface area contributed by atoms with Gasteiger partial charge < -0.3 is 4.74 Å². The molecule has 0 spiro atoms. The fraction of sp³-hybridized carbons (Fsp3) is 0.400. The third kappa shape index (κ3) is 3.57. The van der Waals surface area contributed by atoms with Crippen LogP contribution in [0.1, 0.15) is 24.6 Å². The Morgan fingerprint density at radius 1 is 1.63 bits per heavy atom. The molecular weight excluding hydrogens is 286 g/mol. The summed E-state index contributed by atoms with van der Waals surface area (Å²) in [6.07, 6.45) is -2.91. The Morgan fingerprint density at radius 3 is 2.74 bits per heavy atom. The lowest BCUT2D eigenvalue weighted by Crippen LogP contribution is -2.11. The maximum absolute atomic E-state index is 12.8. The van der Waals surface area contributed by atoms with Crippen molar-refractivity contribution in [2.75, 3.05) is 6.61 Å². The minimum atomic E-state index is -3.14. The fourth-order valence-corrected chi connectivity index (χ4v) is 1.65. The first-order valence-electron chi connectivity index (χ1n) is 5.13. The number of alkyl halides is 2. The number of pyridine rings is 1. The first-order chi connectivity index (χ1) is 8.88. The summed E-state index contributed by atoms with van der Waals surface area (Å²) in [5.74, 6) is -0.703. The van der Waals surface area contributed by atoms with E-state index in [1.165, 1.54) is 0 Å². The van der Waals surface area contributed by atoms with Gasteiger partial charge in [-0.25, -0.2) is 8.78 Å². The number of rotatable bonds is 5. The summed E-state index contributed by atoms with van der Waals surface area (Å²) in [7, 11) is 0. The average Bonchev–Trinajstić information content (AvgIpc) is 2.30. The summed E-state index contributed by atoms with van der Waals surface area (Å²) < 4.78 is 30.2. The van der Waals surface area contributed by atoms with Crippen LogP contribution in [-0.2, 0) is 16.0 Å². The number of halogens is 3. The minimum absolute atomic E-state index is 0.116. The molecule has 6 nitrogen and oxygen atoms in total. The second kappa shape index (κ2) is 6.37. The van der Waals surface area contributed by atoms with Crippen molar-refractivity contribution in [2.45, 2.75) is 19.8 Å². The zero-order valence-electron chi connectivity index (χ0n) is 9.73. The molecule has 0 radical (unpaired) electrons. The van der Waals surface area contributed by atoms with Gasteiger partial charge in [0, 0.05) is 0 Å². The molecule has 0 N–H and O–H groups in total. The quantitative estimate of drug-likeness (QED) is 0.474. The molecule has 0 aliphatic rings. The van der Waals surface area contributed by atoms with Crippen LogP contribution in [0.25, 0.3) is 0 Å². The van der Waals surface area contributed by atoms with E-state index in [0.717, 1.165) is 0 Å². The summed E-state index contributed by atoms with van der Waals surface area (Å²) in [5.41, 5.74) is -2.01. The summed E-state index contributed by atoms with van der Waals surface area (Å²) in [6.45, 7) is 1.69. The molecule has 0 bridgehead atoms. The topological polar surface area (TPSA) is 82.3 Å². The lowest BCUT2D eigenvalue weighted by Gasteiger charge is -2.08. The predicted molar refractivity (Wildman–Crippen MR) is 61.2 cm³/mol. The number of hydrogen-bond acceptors (Lipinski definition) is 5. The Bertz CT molecular complexity index is 511. The standard InChI is InChI=1S/C10H9ClF2N2O4/c1-2-19-7(16)3-5-9(11)8(10(12)13)6(4-14-5)15(17)18/h4,10H,2-3H2,1H3. The highest BCUT2D eigenvalue weighted by molar-refractivity contribution is 6.32. The van der Waals surface area contributed by atoms with Crippen LogP contribution in [0.15, 0.2) is 6.20 Å². The summed E-state index contributed by atoms with van der Waals surface area (Å²) in [6, 6.07) is 0. The first kappa shape index (κ1) is 15.2. The number of ether oxygens (including phenoxy) is 1. The maximum atomic E-state index is 12.8. The molecule has 1 aromatic rings.